The van der Waals surface area contributed by atoms with Crippen LogP contribution in [-0.4, -0.2) is 25.0 Å². The summed E-state index contributed by atoms with van der Waals surface area (Å²) in [4.78, 5) is 26.1. The zero-order valence-electron chi connectivity index (χ0n) is 18.1. The van der Waals surface area contributed by atoms with Crippen LogP contribution in [0.25, 0.3) is 0 Å². The van der Waals surface area contributed by atoms with E-state index in [0.29, 0.717) is 22.6 Å². The number of carbonyl (C=O) groups is 2. The van der Waals surface area contributed by atoms with Gasteiger partial charge in [-0.1, -0.05) is 30.3 Å². The number of rotatable bonds is 8. The van der Waals surface area contributed by atoms with E-state index in [0.717, 1.165) is 5.56 Å². The highest BCUT2D eigenvalue weighted by molar-refractivity contribution is 6.15. The highest BCUT2D eigenvalue weighted by Crippen LogP contribution is 2.33. The molecule has 3 rings (SSSR count). The molecule has 0 aliphatic rings. The van der Waals surface area contributed by atoms with Crippen LogP contribution in [0.1, 0.15) is 51.3 Å². The number of esters is 1. The largest absolute Gasteiger partial charge is 0.493 e. The van der Waals surface area contributed by atoms with E-state index in [1.807, 2.05) is 36.4 Å². The average Bonchev–Trinajstić information content (AvgIpc) is 2.82. The van der Waals surface area contributed by atoms with Crippen LogP contribution in [0.15, 0.2) is 66.7 Å². The molecule has 0 spiro atoms. The molecule has 0 N–H and O–H groups in total. The Morgan fingerprint density at radius 3 is 2.19 bits per heavy atom. The zero-order chi connectivity index (χ0) is 23.1. The van der Waals surface area contributed by atoms with Gasteiger partial charge in [-0.2, -0.15) is 5.26 Å². The van der Waals surface area contributed by atoms with Crippen LogP contribution in [0.4, 0.5) is 0 Å². The Bertz CT molecular complexity index is 1150. The Balaban J connectivity index is 2.04. The third-order valence-corrected chi connectivity index (χ3v) is 4.62. The highest BCUT2D eigenvalue weighted by Gasteiger charge is 2.24. The molecule has 0 aliphatic carbocycles. The summed E-state index contributed by atoms with van der Waals surface area (Å²) in [6.07, 6.45) is -0.361. The van der Waals surface area contributed by atoms with Gasteiger partial charge in [0.15, 0.2) is 17.3 Å². The zero-order valence-corrected chi connectivity index (χ0v) is 18.1. The second kappa shape index (κ2) is 10.3. The van der Waals surface area contributed by atoms with Crippen LogP contribution in [0.2, 0.25) is 0 Å². The van der Waals surface area contributed by atoms with Crippen LogP contribution in [-0.2, 0) is 11.3 Å². The maximum atomic E-state index is 13.3. The molecule has 0 fully saturated rings. The number of nitrogens with zero attached hydrogens (tertiary/aromatic N) is 1. The molecule has 6 heteroatoms. The fourth-order valence-corrected chi connectivity index (χ4v) is 3.05. The molecule has 0 aromatic heterocycles. The lowest BCUT2D eigenvalue weighted by Crippen LogP contribution is -2.17. The van der Waals surface area contributed by atoms with Crippen molar-refractivity contribution in [3.05, 3.63) is 94.5 Å². The highest BCUT2D eigenvalue weighted by atomic mass is 16.5. The minimum absolute atomic E-state index is 0.0805. The molecular weight excluding hydrogens is 406 g/mol. The summed E-state index contributed by atoms with van der Waals surface area (Å²) < 4.78 is 16.7. The Hall–Kier alpha value is -4.11. The number of carbonyl (C=O) groups excluding carboxylic acids is 2. The van der Waals surface area contributed by atoms with Gasteiger partial charge in [0.1, 0.15) is 6.61 Å². The van der Waals surface area contributed by atoms with E-state index < -0.39 is 11.8 Å². The summed E-state index contributed by atoms with van der Waals surface area (Å²) in [6.45, 7) is 3.72. The number of nitriles is 1. The predicted octanol–water partition coefficient (Wildman–Crippen LogP) is 4.94. The van der Waals surface area contributed by atoms with Crippen molar-refractivity contribution < 1.29 is 23.8 Å². The molecule has 3 aromatic rings. The lowest BCUT2D eigenvalue weighted by atomic mass is 9.97. The van der Waals surface area contributed by atoms with E-state index in [1.54, 1.807) is 38.1 Å². The van der Waals surface area contributed by atoms with E-state index in [-0.39, 0.29) is 23.8 Å². The molecule has 0 unspecified atom stereocenters. The van der Waals surface area contributed by atoms with Crippen LogP contribution in [0.5, 0.6) is 11.5 Å². The van der Waals surface area contributed by atoms with Gasteiger partial charge in [-0.15, -0.1) is 0 Å². The second-order valence-corrected chi connectivity index (χ2v) is 7.30. The predicted molar refractivity (Wildman–Crippen MR) is 119 cm³/mol. The van der Waals surface area contributed by atoms with Crippen molar-refractivity contribution in [1.29, 1.82) is 5.26 Å². The summed E-state index contributed by atoms with van der Waals surface area (Å²) in [6, 6.07) is 20.7. The lowest BCUT2D eigenvalue weighted by Gasteiger charge is -2.16. The quantitative estimate of drug-likeness (QED) is 0.372. The number of benzene rings is 3. The van der Waals surface area contributed by atoms with Gasteiger partial charge in [0.2, 0.25) is 0 Å². The molecule has 32 heavy (non-hydrogen) atoms. The van der Waals surface area contributed by atoms with Crippen molar-refractivity contribution in [2.75, 3.05) is 7.11 Å². The normalized spacial score (nSPS) is 10.3. The van der Waals surface area contributed by atoms with E-state index in [1.165, 1.54) is 19.2 Å². The first-order chi connectivity index (χ1) is 15.4. The standard InChI is InChI=1S/C26H23NO5/c1-17(2)32-26(29)22-14-23(30-3)24(31-16-19-7-5-4-6-8-19)13-21(22)25(28)20-11-9-18(15-27)10-12-20/h4-14,17H,16H2,1-3H3. The number of ether oxygens (including phenoxy) is 3. The van der Waals surface area contributed by atoms with E-state index in [9.17, 15) is 9.59 Å². The van der Waals surface area contributed by atoms with Gasteiger partial charge in [0, 0.05) is 11.1 Å². The number of hydrogen-bond acceptors (Lipinski definition) is 6. The molecule has 0 saturated heterocycles. The van der Waals surface area contributed by atoms with Crippen molar-refractivity contribution >= 4 is 11.8 Å². The van der Waals surface area contributed by atoms with Crippen molar-refractivity contribution in [2.45, 2.75) is 26.6 Å². The monoisotopic (exact) mass is 429 g/mol. The molecule has 0 aliphatic heterocycles. The molecule has 6 nitrogen and oxygen atoms in total. The molecule has 0 atom stereocenters. The maximum Gasteiger partial charge on any atom is 0.339 e. The molecule has 0 radical (unpaired) electrons. The molecule has 162 valence electrons. The maximum absolute atomic E-state index is 13.3. The van der Waals surface area contributed by atoms with Crippen LogP contribution in [0.3, 0.4) is 0 Å². The van der Waals surface area contributed by atoms with Crippen molar-refractivity contribution in [3.63, 3.8) is 0 Å². The van der Waals surface area contributed by atoms with Crippen molar-refractivity contribution in [1.82, 2.24) is 0 Å². The second-order valence-electron chi connectivity index (χ2n) is 7.30. The Labute approximate surface area is 187 Å². The number of hydrogen-bond donors (Lipinski definition) is 0. The summed E-state index contributed by atoms with van der Waals surface area (Å²) >= 11 is 0. The van der Waals surface area contributed by atoms with Gasteiger partial charge in [-0.25, -0.2) is 4.79 Å². The van der Waals surface area contributed by atoms with Gasteiger partial charge < -0.3 is 14.2 Å². The first-order valence-electron chi connectivity index (χ1n) is 10.1. The fourth-order valence-electron chi connectivity index (χ4n) is 3.05. The lowest BCUT2D eigenvalue weighted by molar-refractivity contribution is 0.0375. The molecule has 3 aromatic carbocycles. The third kappa shape index (κ3) is 5.32. The number of methoxy groups -OCH3 is 1. The van der Waals surface area contributed by atoms with Gasteiger partial charge in [0.05, 0.1) is 30.4 Å². The van der Waals surface area contributed by atoms with Gasteiger partial charge >= 0.3 is 5.97 Å². The summed E-state index contributed by atoms with van der Waals surface area (Å²) in [5, 5.41) is 9.01. The smallest absolute Gasteiger partial charge is 0.339 e. The third-order valence-electron chi connectivity index (χ3n) is 4.62. The number of ketones is 1. The fraction of sp³-hybridized carbons (Fsp3) is 0.192. The topological polar surface area (TPSA) is 85.6 Å². The van der Waals surface area contributed by atoms with Crippen molar-refractivity contribution in [3.8, 4) is 17.6 Å². The van der Waals surface area contributed by atoms with Gasteiger partial charge in [-0.05, 0) is 55.8 Å². The SMILES string of the molecule is COc1cc(C(=O)OC(C)C)c(C(=O)c2ccc(C#N)cc2)cc1OCc1ccccc1. The van der Waals surface area contributed by atoms with Gasteiger partial charge in [0.25, 0.3) is 0 Å². The van der Waals surface area contributed by atoms with Crippen molar-refractivity contribution in [2.24, 2.45) is 0 Å². The van der Waals surface area contributed by atoms with E-state index >= 15 is 0 Å². The Kier molecular flexibility index (Phi) is 7.25. The first-order valence-corrected chi connectivity index (χ1v) is 10.1. The molecule has 0 heterocycles. The minimum atomic E-state index is -0.634. The summed E-state index contributed by atoms with van der Waals surface area (Å²) in [7, 11) is 1.46. The van der Waals surface area contributed by atoms with Crippen LogP contribution >= 0.6 is 0 Å². The molecule has 0 amide bonds. The Morgan fingerprint density at radius 1 is 0.938 bits per heavy atom. The van der Waals surface area contributed by atoms with Crippen LogP contribution < -0.4 is 9.47 Å². The van der Waals surface area contributed by atoms with Crippen LogP contribution in [0, 0.1) is 11.3 Å². The summed E-state index contributed by atoms with van der Waals surface area (Å²) in [5.41, 5.74) is 1.92. The van der Waals surface area contributed by atoms with E-state index in [2.05, 4.69) is 0 Å². The van der Waals surface area contributed by atoms with Gasteiger partial charge in [-0.3, -0.25) is 4.79 Å². The molecule has 0 saturated carbocycles. The average molecular weight is 429 g/mol. The van der Waals surface area contributed by atoms with E-state index in [4.69, 9.17) is 19.5 Å². The minimum Gasteiger partial charge on any atom is -0.493 e. The molecule has 0 bridgehead atoms. The summed E-state index contributed by atoms with van der Waals surface area (Å²) in [5.74, 6) is -0.384. The molecular formula is C26H23NO5. The Morgan fingerprint density at radius 2 is 1.59 bits per heavy atom. The first kappa shape index (κ1) is 22.6.